The summed E-state index contributed by atoms with van der Waals surface area (Å²) in [6.07, 6.45) is 1.61. The first-order chi connectivity index (χ1) is 8.04. The van der Waals surface area contributed by atoms with Crippen molar-refractivity contribution in [2.75, 3.05) is 0 Å². The molecule has 4 nitrogen and oxygen atoms in total. The number of nitrogens with one attached hydrogen (secondary N) is 1. The summed E-state index contributed by atoms with van der Waals surface area (Å²) >= 11 is 14.6. The summed E-state index contributed by atoms with van der Waals surface area (Å²) in [6.45, 7) is 0. The van der Waals surface area contributed by atoms with E-state index in [9.17, 15) is 0 Å². The molecule has 0 saturated heterocycles. The van der Waals surface area contributed by atoms with Gasteiger partial charge in [0.05, 0.1) is 26.7 Å². The molecule has 0 amide bonds. The quantitative estimate of drug-likeness (QED) is 0.614. The molecule has 0 aliphatic carbocycles. The Morgan fingerprint density at radius 1 is 1.59 bits per heavy atom. The molecule has 17 heavy (non-hydrogen) atoms. The summed E-state index contributed by atoms with van der Waals surface area (Å²) in [7, 11) is 1.84. The summed E-state index contributed by atoms with van der Waals surface area (Å²) in [4.78, 5) is 1.05. The van der Waals surface area contributed by atoms with Crippen molar-refractivity contribution in [3.8, 4) is 0 Å². The highest BCUT2D eigenvalue weighted by Crippen LogP contribution is 2.38. The lowest BCUT2D eigenvalue weighted by molar-refractivity contribution is 0.582. The van der Waals surface area contributed by atoms with Crippen molar-refractivity contribution in [1.82, 2.24) is 15.2 Å². The predicted octanol–water partition coefficient (Wildman–Crippen LogP) is 3.21. The second kappa shape index (κ2) is 5.38. The van der Waals surface area contributed by atoms with Crippen molar-refractivity contribution in [2.24, 2.45) is 12.9 Å². The van der Waals surface area contributed by atoms with Crippen LogP contribution in [0, 0.1) is 0 Å². The van der Waals surface area contributed by atoms with Crippen LogP contribution < -0.4 is 11.3 Å². The van der Waals surface area contributed by atoms with Gasteiger partial charge in [-0.3, -0.25) is 10.5 Å². The molecule has 0 saturated carbocycles. The van der Waals surface area contributed by atoms with Gasteiger partial charge in [-0.1, -0.05) is 11.6 Å². The van der Waals surface area contributed by atoms with Gasteiger partial charge in [-0.05, 0) is 37.9 Å². The Morgan fingerprint density at radius 3 is 2.71 bits per heavy atom. The second-order valence-electron chi connectivity index (χ2n) is 3.37. The summed E-state index contributed by atoms with van der Waals surface area (Å²) < 4.78 is 3.73. The van der Waals surface area contributed by atoms with Gasteiger partial charge in [-0.25, -0.2) is 5.43 Å². The molecule has 0 bridgehead atoms. The number of hydrazine groups is 1. The van der Waals surface area contributed by atoms with E-state index >= 15 is 0 Å². The van der Waals surface area contributed by atoms with Crippen LogP contribution in [0.4, 0.5) is 0 Å². The van der Waals surface area contributed by atoms with Gasteiger partial charge < -0.3 is 0 Å². The zero-order valence-electron chi connectivity index (χ0n) is 8.75. The Kier molecular flexibility index (Phi) is 4.27. The molecule has 0 radical (unpaired) electrons. The number of aromatic nitrogens is 2. The lowest BCUT2D eigenvalue weighted by Crippen LogP contribution is -2.30. The maximum absolute atomic E-state index is 6.12. The highest BCUT2D eigenvalue weighted by atomic mass is 79.9. The summed E-state index contributed by atoms with van der Waals surface area (Å²) in [5.41, 5.74) is 3.61. The van der Waals surface area contributed by atoms with Crippen LogP contribution in [0.5, 0.6) is 0 Å². The van der Waals surface area contributed by atoms with Crippen LogP contribution in [-0.2, 0) is 7.05 Å². The molecule has 0 aliphatic heterocycles. The molecule has 0 spiro atoms. The first-order valence-corrected chi connectivity index (χ1v) is 7.41. The molecule has 0 aliphatic rings. The van der Waals surface area contributed by atoms with Crippen molar-refractivity contribution in [3.63, 3.8) is 0 Å². The molecule has 3 N–H and O–H groups in total. The topological polar surface area (TPSA) is 55.9 Å². The number of hydrogen-bond acceptors (Lipinski definition) is 4. The number of hydrogen-bond donors (Lipinski definition) is 2. The average Bonchev–Trinajstić information content (AvgIpc) is 2.77. The van der Waals surface area contributed by atoms with Crippen LogP contribution >= 0.6 is 54.8 Å². The third-order valence-corrected chi connectivity index (χ3v) is 5.94. The van der Waals surface area contributed by atoms with Gasteiger partial charge in [-0.15, -0.1) is 11.3 Å². The zero-order chi connectivity index (χ0) is 12.6. The highest BCUT2D eigenvalue weighted by molar-refractivity contribution is 9.13. The maximum Gasteiger partial charge on any atom is 0.0985 e. The molecular formula is C9H9Br2ClN4S. The van der Waals surface area contributed by atoms with Crippen LogP contribution in [0.15, 0.2) is 20.5 Å². The van der Waals surface area contributed by atoms with Crippen LogP contribution in [0.25, 0.3) is 0 Å². The van der Waals surface area contributed by atoms with E-state index in [1.54, 1.807) is 22.2 Å². The van der Waals surface area contributed by atoms with Crippen LogP contribution in [0.3, 0.4) is 0 Å². The Bertz CT molecular complexity index is 500. The summed E-state index contributed by atoms with van der Waals surface area (Å²) in [5.74, 6) is 5.62. The third kappa shape index (κ3) is 2.59. The van der Waals surface area contributed by atoms with E-state index in [0.717, 1.165) is 18.8 Å². The minimum atomic E-state index is -0.178. The number of aryl methyl sites for hydroxylation is 1. The summed E-state index contributed by atoms with van der Waals surface area (Å²) in [6, 6.07) is 1.82. The number of nitrogens with zero attached hydrogens (tertiary/aromatic N) is 2. The molecule has 2 rings (SSSR count). The van der Waals surface area contributed by atoms with Crippen LogP contribution in [0.2, 0.25) is 5.02 Å². The van der Waals surface area contributed by atoms with E-state index in [-0.39, 0.29) is 6.04 Å². The van der Waals surface area contributed by atoms with Gasteiger partial charge in [0.1, 0.15) is 0 Å². The third-order valence-electron chi connectivity index (χ3n) is 2.33. The van der Waals surface area contributed by atoms with Gasteiger partial charge in [0.25, 0.3) is 0 Å². The SMILES string of the molecule is Cn1ncc(Cl)c1C(NN)c1cc(Br)c(Br)s1. The maximum atomic E-state index is 6.12. The first kappa shape index (κ1) is 13.5. The Labute approximate surface area is 124 Å². The molecule has 1 unspecified atom stereocenters. The molecule has 8 heteroatoms. The largest absolute Gasteiger partial charge is 0.270 e. The average molecular weight is 401 g/mol. The fourth-order valence-electron chi connectivity index (χ4n) is 1.55. The van der Waals surface area contributed by atoms with E-state index < -0.39 is 0 Å². The minimum absolute atomic E-state index is 0.178. The van der Waals surface area contributed by atoms with Gasteiger partial charge in [-0.2, -0.15) is 5.10 Å². The smallest absolute Gasteiger partial charge is 0.0985 e. The standard InChI is InChI=1S/C9H9Br2ClN4S/c1-16-8(5(12)3-14-16)7(15-13)6-2-4(10)9(11)17-6/h2-3,7,15H,13H2,1H3. The van der Waals surface area contributed by atoms with E-state index in [2.05, 4.69) is 42.4 Å². The normalized spacial score (nSPS) is 13.0. The van der Waals surface area contributed by atoms with Crippen molar-refractivity contribution in [1.29, 1.82) is 0 Å². The molecule has 2 aromatic rings. The fourth-order valence-corrected chi connectivity index (χ4v) is 3.98. The Balaban J connectivity index is 2.47. The fraction of sp³-hybridized carbons (Fsp3) is 0.222. The van der Waals surface area contributed by atoms with Gasteiger partial charge in [0.15, 0.2) is 0 Å². The Morgan fingerprint density at radius 2 is 2.29 bits per heavy atom. The number of rotatable bonds is 3. The van der Waals surface area contributed by atoms with Crippen molar-refractivity contribution in [3.05, 3.63) is 36.1 Å². The van der Waals surface area contributed by atoms with E-state index in [1.807, 2.05) is 13.1 Å². The molecular weight excluding hydrogens is 391 g/mol. The van der Waals surface area contributed by atoms with E-state index in [1.165, 1.54) is 0 Å². The molecule has 92 valence electrons. The highest BCUT2D eigenvalue weighted by Gasteiger charge is 2.22. The van der Waals surface area contributed by atoms with Gasteiger partial charge in [0, 0.05) is 16.4 Å². The lowest BCUT2D eigenvalue weighted by Gasteiger charge is -2.15. The monoisotopic (exact) mass is 398 g/mol. The predicted molar refractivity (Wildman–Crippen MR) is 77.1 cm³/mol. The van der Waals surface area contributed by atoms with Crippen molar-refractivity contribution < 1.29 is 0 Å². The van der Waals surface area contributed by atoms with Crippen molar-refractivity contribution in [2.45, 2.75) is 6.04 Å². The second-order valence-corrected chi connectivity index (χ2v) is 7.03. The van der Waals surface area contributed by atoms with Gasteiger partial charge >= 0.3 is 0 Å². The molecule has 0 fully saturated rings. The number of halogens is 3. The molecule has 0 aromatic carbocycles. The van der Waals surface area contributed by atoms with Crippen LogP contribution in [-0.4, -0.2) is 9.78 Å². The zero-order valence-corrected chi connectivity index (χ0v) is 13.5. The van der Waals surface area contributed by atoms with Crippen molar-refractivity contribution >= 4 is 54.8 Å². The van der Waals surface area contributed by atoms with E-state index in [0.29, 0.717) is 5.02 Å². The first-order valence-electron chi connectivity index (χ1n) is 4.62. The van der Waals surface area contributed by atoms with Gasteiger partial charge in [0.2, 0.25) is 0 Å². The van der Waals surface area contributed by atoms with Crippen LogP contribution in [0.1, 0.15) is 16.6 Å². The number of thiophene rings is 1. The Hall–Kier alpha value is 0.0800. The van der Waals surface area contributed by atoms with E-state index in [4.69, 9.17) is 17.4 Å². The minimum Gasteiger partial charge on any atom is -0.270 e. The molecule has 1 atom stereocenters. The lowest BCUT2D eigenvalue weighted by atomic mass is 10.2. The molecule has 2 heterocycles. The molecule has 2 aromatic heterocycles. The number of nitrogens with two attached hydrogens (primary N) is 1. The summed E-state index contributed by atoms with van der Waals surface area (Å²) in [5, 5.41) is 4.70.